The van der Waals surface area contributed by atoms with Gasteiger partial charge in [0.1, 0.15) is 18.1 Å². The molecular weight excluding hydrogens is 382 g/mol. The maximum absolute atomic E-state index is 12.8. The summed E-state index contributed by atoms with van der Waals surface area (Å²) in [6, 6.07) is 11.2. The van der Waals surface area contributed by atoms with E-state index in [4.69, 9.17) is 13.7 Å². The lowest BCUT2D eigenvalue weighted by atomic mass is 10.1. The summed E-state index contributed by atoms with van der Waals surface area (Å²) in [6.07, 6.45) is 4.12. The molecule has 0 radical (unpaired) electrons. The van der Waals surface area contributed by atoms with Crippen LogP contribution in [0.25, 0.3) is 0 Å². The Balaban J connectivity index is 1.39. The molecule has 0 aliphatic carbocycles. The molecular formula is C23H28N3O4+. The van der Waals surface area contributed by atoms with Crippen LogP contribution in [0.5, 0.6) is 5.75 Å². The predicted octanol–water partition coefficient (Wildman–Crippen LogP) is 2.61. The Hall–Kier alpha value is -3.06. The van der Waals surface area contributed by atoms with Gasteiger partial charge in [0.15, 0.2) is 11.8 Å². The van der Waals surface area contributed by atoms with E-state index < -0.39 is 0 Å². The van der Waals surface area contributed by atoms with Crippen molar-refractivity contribution in [2.24, 2.45) is 0 Å². The SMILES string of the molecule is Cc1noc(C)c1COc1cccc(C(=O)NC[C@@H](c2ccco2)[NH+]2CCCC2)c1. The van der Waals surface area contributed by atoms with Crippen molar-refractivity contribution in [1.82, 2.24) is 10.5 Å². The second kappa shape index (κ2) is 9.17. The van der Waals surface area contributed by atoms with Gasteiger partial charge in [-0.3, -0.25) is 4.79 Å². The number of benzene rings is 1. The monoisotopic (exact) mass is 410 g/mol. The van der Waals surface area contributed by atoms with Crippen molar-refractivity contribution in [3.05, 3.63) is 71.0 Å². The van der Waals surface area contributed by atoms with E-state index in [0.717, 1.165) is 35.9 Å². The van der Waals surface area contributed by atoms with Gasteiger partial charge < -0.3 is 23.9 Å². The molecule has 1 aliphatic rings. The number of nitrogens with one attached hydrogen (secondary N) is 2. The number of likely N-dealkylation sites (tertiary alicyclic amines) is 1. The van der Waals surface area contributed by atoms with E-state index in [1.165, 1.54) is 17.7 Å². The third-order valence-electron chi connectivity index (χ3n) is 5.75. The van der Waals surface area contributed by atoms with Crippen molar-refractivity contribution >= 4 is 5.91 Å². The van der Waals surface area contributed by atoms with Gasteiger partial charge in [0.25, 0.3) is 5.91 Å². The number of carbonyl (C=O) groups is 1. The van der Waals surface area contributed by atoms with Crippen LogP contribution < -0.4 is 15.0 Å². The summed E-state index contributed by atoms with van der Waals surface area (Å²) in [7, 11) is 0. The van der Waals surface area contributed by atoms with Crippen LogP contribution in [-0.2, 0) is 6.61 Å². The number of hydrogen-bond donors (Lipinski definition) is 2. The molecule has 1 atom stereocenters. The largest absolute Gasteiger partial charge is 0.489 e. The summed E-state index contributed by atoms with van der Waals surface area (Å²) in [4.78, 5) is 14.3. The number of hydrogen-bond acceptors (Lipinski definition) is 5. The van der Waals surface area contributed by atoms with Crippen LogP contribution in [-0.4, -0.2) is 30.7 Å². The van der Waals surface area contributed by atoms with Crippen LogP contribution in [0.15, 0.2) is 51.6 Å². The van der Waals surface area contributed by atoms with Crippen molar-refractivity contribution < 1.29 is 23.4 Å². The zero-order valence-electron chi connectivity index (χ0n) is 17.4. The number of aromatic nitrogens is 1. The van der Waals surface area contributed by atoms with Crippen molar-refractivity contribution in [3.8, 4) is 5.75 Å². The number of amides is 1. The van der Waals surface area contributed by atoms with E-state index >= 15 is 0 Å². The minimum atomic E-state index is -0.118. The zero-order chi connectivity index (χ0) is 20.9. The molecule has 4 rings (SSSR count). The average Bonchev–Trinajstić information content (AvgIpc) is 3.52. The highest BCUT2D eigenvalue weighted by Gasteiger charge is 2.29. The van der Waals surface area contributed by atoms with E-state index in [1.807, 2.05) is 38.1 Å². The van der Waals surface area contributed by atoms with Gasteiger partial charge in [0.2, 0.25) is 0 Å². The minimum absolute atomic E-state index is 0.118. The number of carbonyl (C=O) groups excluding carboxylic acids is 1. The normalized spacial score (nSPS) is 15.3. The third kappa shape index (κ3) is 4.57. The molecule has 0 bridgehead atoms. The molecule has 158 valence electrons. The lowest BCUT2D eigenvalue weighted by Gasteiger charge is -2.23. The third-order valence-corrected chi connectivity index (χ3v) is 5.75. The first-order valence-corrected chi connectivity index (χ1v) is 10.4. The van der Waals surface area contributed by atoms with Crippen molar-refractivity contribution in [2.45, 2.75) is 39.3 Å². The fourth-order valence-corrected chi connectivity index (χ4v) is 4.00. The van der Waals surface area contributed by atoms with Gasteiger partial charge in [-0.25, -0.2) is 0 Å². The van der Waals surface area contributed by atoms with E-state index in [9.17, 15) is 4.79 Å². The number of rotatable bonds is 8. The molecule has 1 aliphatic heterocycles. The number of ether oxygens (including phenoxy) is 1. The number of furan rings is 1. The second-order valence-corrected chi connectivity index (χ2v) is 7.76. The summed E-state index contributed by atoms with van der Waals surface area (Å²) in [5.74, 6) is 2.18. The molecule has 7 heteroatoms. The standard InChI is InChI=1S/C23H27N3O4/c1-16-20(17(2)30-25-16)15-29-19-8-5-7-18(13-19)23(27)24-14-21(22-9-6-12-28-22)26-10-3-4-11-26/h5-9,12-13,21H,3-4,10-11,14-15H2,1-2H3,(H,24,27)/p+1/t21-/m0/s1. The van der Waals surface area contributed by atoms with Gasteiger partial charge >= 0.3 is 0 Å². The molecule has 0 spiro atoms. The van der Waals surface area contributed by atoms with E-state index in [-0.39, 0.29) is 11.9 Å². The van der Waals surface area contributed by atoms with Gasteiger partial charge in [-0.05, 0) is 44.2 Å². The first kappa shape index (κ1) is 20.2. The fraction of sp³-hybridized carbons (Fsp3) is 0.391. The van der Waals surface area contributed by atoms with Crippen LogP contribution in [0.3, 0.4) is 0 Å². The Labute approximate surface area is 176 Å². The summed E-state index contributed by atoms with van der Waals surface area (Å²) in [6.45, 7) is 6.84. The molecule has 30 heavy (non-hydrogen) atoms. The zero-order valence-corrected chi connectivity index (χ0v) is 17.4. The Morgan fingerprint density at radius 1 is 1.23 bits per heavy atom. The lowest BCUT2D eigenvalue weighted by molar-refractivity contribution is -0.919. The fourth-order valence-electron chi connectivity index (χ4n) is 4.00. The van der Waals surface area contributed by atoms with Crippen molar-refractivity contribution in [1.29, 1.82) is 0 Å². The highest BCUT2D eigenvalue weighted by atomic mass is 16.5. The molecule has 0 unspecified atom stereocenters. The number of nitrogens with zero attached hydrogens (tertiary/aromatic N) is 1. The lowest BCUT2D eigenvalue weighted by Crippen LogP contribution is -3.11. The Morgan fingerprint density at radius 3 is 2.77 bits per heavy atom. The Morgan fingerprint density at radius 2 is 2.07 bits per heavy atom. The molecule has 3 heterocycles. The summed E-state index contributed by atoms with van der Waals surface area (Å²) < 4.78 is 16.7. The molecule has 1 fully saturated rings. The second-order valence-electron chi connectivity index (χ2n) is 7.76. The summed E-state index contributed by atoms with van der Waals surface area (Å²) in [5, 5.41) is 7.02. The smallest absolute Gasteiger partial charge is 0.251 e. The summed E-state index contributed by atoms with van der Waals surface area (Å²) >= 11 is 0. The molecule has 1 aromatic carbocycles. The molecule has 7 nitrogen and oxygen atoms in total. The maximum Gasteiger partial charge on any atom is 0.251 e. The van der Waals surface area contributed by atoms with Gasteiger partial charge in [-0.1, -0.05) is 11.2 Å². The highest BCUT2D eigenvalue weighted by Crippen LogP contribution is 2.19. The quantitative estimate of drug-likeness (QED) is 0.597. The van der Waals surface area contributed by atoms with Crippen molar-refractivity contribution in [3.63, 3.8) is 0 Å². The van der Waals surface area contributed by atoms with Gasteiger partial charge in [-0.2, -0.15) is 0 Å². The average molecular weight is 410 g/mol. The van der Waals surface area contributed by atoms with Crippen LogP contribution in [0.2, 0.25) is 0 Å². The van der Waals surface area contributed by atoms with Crippen LogP contribution in [0, 0.1) is 13.8 Å². The molecule has 1 amide bonds. The van der Waals surface area contributed by atoms with Gasteiger partial charge in [0, 0.05) is 18.4 Å². The maximum atomic E-state index is 12.8. The molecule has 3 aromatic rings. The minimum Gasteiger partial charge on any atom is -0.489 e. The Bertz CT molecular complexity index is 955. The highest BCUT2D eigenvalue weighted by molar-refractivity contribution is 5.94. The van der Waals surface area contributed by atoms with Crippen LogP contribution in [0.4, 0.5) is 0 Å². The van der Waals surface area contributed by atoms with E-state index in [2.05, 4.69) is 10.5 Å². The van der Waals surface area contributed by atoms with E-state index in [0.29, 0.717) is 24.5 Å². The van der Waals surface area contributed by atoms with Crippen molar-refractivity contribution in [2.75, 3.05) is 19.6 Å². The molecule has 0 saturated carbocycles. The summed E-state index contributed by atoms with van der Waals surface area (Å²) in [5.41, 5.74) is 2.32. The molecule has 1 saturated heterocycles. The topological polar surface area (TPSA) is 81.9 Å². The predicted molar refractivity (Wildman–Crippen MR) is 110 cm³/mol. The first-order valence-electron chi connectivity index (χ1n) is 10.4. The number of aryl methyl sites for hydroxylation is 2. The first-order chi connectivity index (χ1) is 14.6. The van der Waals surface area contributed by atoms with Crippen LogP contribution >= 0.6 is 0 Å². The number of quaternary nitrogens is 1. The molecule has 2 aromatic heterocycles. The van der Waals surface area contributed by atoms with Crippen LogP contribution in [0.1, 0.15) is 52.0 Å². The Kier molecular flexibility index (Phi) is 6.18. The van der Waals surface area contributed by atoms with Gasteiger partial charge in [-0.15, -0.1) is 0 Å². The van der Waals surface area contributed by atoms with E-state index in [1.54, 1.807) is 18.4 Å². The molecule has 2 N–H and O–H groups in total. The van der Waals surface area contributed by atoms with Gasteiger partial charge in [0.05, 0.1) is 37.2 Å².